The zero-order valence-electron chi connectivity index (χ0n) is 20.4. The van der Waals surface area contributed by atoms with Gasteiger partial charge in [-0.15, -0.1) is 0 Å². The van der Waals surface area contributed by atoms with Gasteiger partial charge in [-0.05, 0) is 42.9 Å². The van der Waals surface area contributed by atoms with E-state index in [1.54, 1.807) is 0 Å². The first-order valence-electron chi connectivity index (χ1n) is 12.1. The number of aromatic nitrogens is 3. The Morgan fingerprint density at radius 2 is 2.00 bits per heavy atom. The maximum Gasteiger partial charge on any atom is 0.273 e. The summed E-state index contributed by atoms with van der Waals surface area (Å²) in [6.45, 7) is 8.15. The van der Waals surface area contributed by atoms with E-state index >= 15 is 0 Å². The predicted octanol–water partition coefficient (Wildman–Crippen LogP) is 3.36. The SMILES string of the molecule is CCCNC(=O)C1CCCN(c2nc3ncn(CC(=O)Nc4ccc(C(C)C)cc4)c(=O)c3s2)C1. The van der Waals surface area contributed by atoms with Crippen LogP contribution in [-0.4, -0.2) is 46.0 Å². The van der Waals surface area contributed by atoms with Gasteiger partial charge in [0.15, 0.2) is 10.8 Å². The number of fused-ring (bicyclic) bond motifs is 1. The fraction of sp³-hybridized carbons (Fsp3) is 0.480. The summed E-state index contributed by atoms with van der Waals surface area (Å²) >= 11 is 1.27. The molecule has 1 aromatic carbocycles. The number of amides is 2. The number of nitrogens with one attached hydrogen (secondary N) is 2. The van der Waals surface area contributed by atoms with E-state index in [1.165, 1.54) is 27.8 Å². The normalized spacial score (nSPS) is 16.0. The number of hydrogen-bond acceptors (Lipinski definition) is 7. The number of carbonyl (C=O) groups is 2. The Hall–Kier alpha value is -3.27. The van der Waals surface area contributed by atoms with Gasteiger partial charge in [0.2, 0.25) is 11.8 Å². The molecule has 1 saturated heterocycles. The highest BCUT2D eigenvalue weighted by molar-refractivity contribution is 7.22. The van der Waals surface area contributed by atoms with E-state index in [9.17, 15) is 14.4 Å². The van der Waals surface area contributed by atoms with Crippen LogP contribution in [0.4, 0.5) is 10.8 Å². The van der Waals surface area contributed by atoms with Crippen molar-refractivity contribution in [3.63, 3.8) is 0 Å². The summed E-state index contributed by atoms with van der Waals surface area (Å²) in [7, 11) is 0. The van der Waals surface area contributed by atoms with Crippen molar-refractivity contribution in [2.24, 2.45) is 5.92 Å². The van der Waals surface area contributed by atoms with Crippen molar-refractivity contribution >= 4 is 44.3 Å². The molecule has 186 valence electrons. The fourth-order valence-electron chi connectivity index (χ4n) is 4.15. The summed E-state index contributed by atoms with van der Waals surface area (Å²) < 4.78 is 1.72. The zero-order valence-corrected chi connectivity index (χ0v) is 21.2. The molecule has 1 aliphatic heterocycles. The molecule has 9 nitrogen and oxygen atoms in total. The quantitative estimate of drug-likeness (QED) is 0.495. The molecular formula is C25H32N6O3S. The third-order valence-electron chi connectivity index (χ3n) is 6.16. The summed E-state index contributed by atoms with van der Waals surface area (Å²) in [6, 6.07) is 7.69. The van der Waals surface area contributed by atoms with Crippen molar-refractivity contribution in [1.29, 1.82) is 0 Å². The van der Waals surface area contributed by atoms with Crippen molar-refractivity contribution in [3.8, 4) is 0 Å². The highest BCUT2D eigenvalue weighted by Gasteiger charge is 2.27. The smallest absolute Gasteiger partial charge is 0.273 e. The predicted molar refractivity (Wildman–Crippen MR) is 139 cm³/mol. The maximum absolute atomic E-state index is 13.1. The molecule has 0 spiro atoms. The van der Waals surface area contributed by atoms with Gasteiger partial charge in [0, 0.05) is 25.3 Å². The standard InChI is InChI=1S/C25H32N6O3S/c1-4-11-26-23(33)18-6-5-12-30(13-18)25-29-22-21(35-25)24(34)31(15-27-22)14-20(32)28-19-9-7-17(8-10-19)16(2)3/h7-10,15-16,18H,4-6,11-14H2,1-3H3,(H,26,33)(H,28,32). The molecule has 0 radical (unpaired) electrons. The molecule has 4 rings (SSSR count). The molecule has 10 heteroatoms. The molecule has 1 aliphatic rings. The second-order valence-electron chi connectivity index (χ2n) is 9.23. The van der Waals surface area contributed by atoms with Crippen LogP contribution in [0, 0.1) is 5.92 Å². The van der Waals surface area contributed by atoms with E-state index in [0.717, 1.165) is 25.8 Å². The fourth-order valence-corrected chi connectivity index (χ4v) is 5.15. The first-order valence-corrected chi connectivity index (χ1v) is 13.0. The van der Waals surface area contributed by atoms with E-state index in [0.29, 0.717) is 40.2 Å². The molecule has 1 fully saturated rings. The molecule has 35 heavy (non-hydrogen) atoms. The number of carbonyl (C=O) groups excluding carboxylic acids is 2. The van der Waals surface area contributed by atoms with E-state index in [2.05, 4.69) is 39.3 Å². The average molecular weight is 497 g/mol. The van der Waals surface area contributed by atoms with Gasteiger partial charge in [-0.3, -0.25) is 19.0 Å². The summed E-state index contributed by atoms with van der Waals surface area (Å²) in [5.74, 6) is 0.0925. The van der Waals surface area contributed by atoms with Gasteiger partial charge in [0.1, 0.15) is 17.6 Å². The summed E-state index contributed by atoms with van der Waals surface area (Å²) in [4.78, 5) is 49.0. The van der Waals surface area contributed by atoms with Crippen LogP contribution in [0.3, 0.4) is 0 Å². The van der Waals surface area contributed by atoms with Crippen molar-refractivity contribution in [2.45, 2.75) is 52.5 Å². The summed E-state index contributed by atoms with van der Waals surface area (Å²) in [5, 5.41) is 6.49. The Labute approximate surface area is 208 Å². The maximum atomic E-state index is 13.1. The molecule has 2 amide bonds. The van der Waals surface area contributed by atoms with Crippen molar-refractivity contribution in [2.75, 3.05) is 29.9 Å². The molecule has 0 saturated carbocycles. The second kappa shape index (κ2) is 11.0. The molecule has 1 atom stereocenters. The van der Waals surface area contributed by atoms with Crippen LogP contribution < -0.4 is 21.1 Å². The topological polar surface area (TPSA) is 109 Å². The Morgan fingerprint density at radius 3 is 2.71 bits per heavy atom. The third kappa shape index (κ3) is 5.87. The van der Waals surface area contributed by atoms with Crippen LogP contribution in [0.2, 0.25) is 0 Å². The van der Waals surface area contributed by atoms with Crippen molar-refractivity contribution in [1.82, 2.24) is 19.9 Å². The number of hydrogen-bond donors (Lipinski definition) is 2. The summed E-state index contributed by atoms with van der Waals surface area (Å²) in [5.41, 5.74) is 1.95. The van der Waals surface area contributed by atoms with Crippen LogP contribution in [0.25, 0.3) is 10.3 Å². The van der Waals surface area contributed by atoms with E-state index in [1.807, 2.05) is 31.2 Å². The lowest BCUT2D eigenvalue weighted by Gasteiger charge is -2.31. The van der Waals surface area contributed by atoms with Crippen LogP contribution >= 0.6 is 11.3 Å². The minimum Gasteiger partial charge on any atom is -0.356 e. The van der Waals surface area contributed by atoms with E-state index < -0.39 is 0 Å². The van der Waals surface area contributed by atoms with Crippen molar-refractivity contribution < 1.29 is 9.59 Å². The van der Waals surface area contributed by atoms with Gasteiger partial charge < -0.3 is 15.5 Å². The number of thiazole rings is 1. The lowest BCUT2D eigenvalue weighted by atomic mass is 9.97. The molecule has 0 bridgehead atoms. The first kappa shape index (κ1) is 24.8. The average Bonchev–Trinajstić information content (AvgIpc) is 3.30. The minimum absolute atomic E-state index is 0.0722. The first-order chi connectivity index (χ1) is 16.9. The van der Waals surface area contributed by atoms with Gasteiger partial charge in [-0.25, -0.2) is 4.98 Å². The van der Waals surface area contributed by atoms with Crippen molar-refractivity contribution in [3.05, 3.63) is 46.5 Å². The number of piperidine rings is 1. The molecule has 1 unspecified atom stereocenters. The molecule has 2 N–H and O–H groups in total. The van der Waals surface area contributed by atoms with E-state index in [-0.39, 0.29) is 29.8 Å². The number of nitrogens with zero attached hydrogens (tertiary/aromatic N) is 4. The number of benzene rings is 1. The van der Waals surface area contributed by atoms with E-state index in [4.69, 9.17) is 0 Å². The largest absolute Gasteiger partial charge is 0.356 e. The Balaban J connectivity index is 1.45. The van der Waals surface area contributed by atoms with Gasteiger partial charge in [-0.1, -0.05) is 44.2 Å². The number of anilines is 2. The van der Waals surface area contributed by atoms with Gasteiger partial charge in [0.05, 0.1) is 5.92 Å². The third-order valence-corrected chi connectivity index (χ3v) is 7.25. The minimum atomic E-state index is -0.299. The second-order valence-corrected chi connectivity index (χ2v) is 10.2. The Bertz CT molecular complexity index is 1250. The van der Waals surface area contributed by atoms with Gasteiger partial charge in [0.25, 0.3) is 5.56 Å². The lowest BCUT2D eigenvalue weighted by molar-refractivity contribution is -0.125. The van der Waals surface area contributed by atoms with Crippen LogP contribution in [-0.2, 0) is 16.1 Å². The van der Waals surface area contributed by atoms with Crippen LogP contribution in [0.15, 0.2) is 35.4 Å². The zero-order chi connectivity index (χ0) is 24.9. The van der Waals surface area contributed by atoms with Gasteiger partial charge >= 0.3 is 0 Å². The molecular weight excluding hydrogens is 464 g/mol. The highest BCUT2D eigenvalue weighted by atomic mass is 32.1. The Morgan fingerprint density at radius 1 is 1.23 bits per heavy atom. The number of rotatable bonds is 8. The Kier molecular flexibility index (Phi) is 7.80. The molecule has 2 aromatic heterocycles. The lowest BCUT2D eigenvalue weighted by Crippen LogP contribution is -2.43. The van der Waals surface area contributed by atoms with Crippen LogP contribution in [0.5, 0.6) is 0 Å². The molecule has 3 aromatic rings. The monoisotopic (exact) mass is 496 g/mol. The molecule has 0 aliphatic carbocycles. The van der Waals surface area contributed by atoms with Gasteiger partial charge in [-0.2, -0.15) is 4.98 Å². The summed E-state index contributed by atoms with van der Waals surface area (Å²) in [6.07, 6.45) is 4.00. The van der Waals surface area contributed by atoms with Crippen LogP contribution in [0.1, 0.15) is 51.5 Å². The highest BCUT2D eigenvalue weighted by Crippen LogP contribution is 2.29. The molecule has 3 heterocycles.